The van der Waals surface area contributed by atoms with Crippen LogP contribution >= 0.6 is 0 Å². The molecule has 0 spiro atoms. The second-order valence-corrected chi connectivity index (χ2v) is 4.52. The molecule has 104 valence electrons. The molecule has 4 N–H and O–H groups in total. The number of anilines is 1. The molecule has 0 aromatic heterocycles. The molecule has 1 fully saturated rings. The van der Waals surface area contributed by atoms with E-state index in [4.69, 9.17) is 10.5 Å². The number of urea groups is 1. The molecule has 1 saturated carbocycles. The zero-order valence-electron chi connectivity index (χ0n) is 10.7. The van der Waals surface area contributed by atoms with Crippen molar-refractivity contribution in [2.45, 2.75) is 31.5 Å². The number of ether oxygens (including phenoxy) is 1. The highest BCUT2D eigenvalue weighted by Gasteiger charge is 2.40. The van der Waals surface area contributed by atoms with Crippen LogP contribution in [0.1, 0.15) is 13.3 Å². The Morgan fingerprint density at radius 2 is 2.16 bits per heavy atom. The quantitative estimate of drug-likeness (QED) is 0.773. The lowest BCUT2D eigenvalue weighted by Gasteiger charge is -2.42. The van der Waals surface area contributed by atoms with Crippen LogP contribution in [0.3, 0.4) is 0 Å². The molecule has 2 amide bonds. The molecule has 0 aliphatic heterocycles. The first-order valence-electron chi connectivity index (χ1n) is 6.30. The summed E-state index contributed by atoms with van der Waals surface area (Å²) < 4.78 is 18.2. The lowest BCUT2D eigenvalue weighted by atomic mass is 9.83. The van der Waals surface area contributed by atoms with Crippen molar-refractivity contribution in [3.63, 3.8) is 0 Å². The van der Waals surface area contributed by atoms with E-state index in [1.807, 2.05) is 6.92 Å². The Morgan fingerprint density at radius 1 is 1.47 bits per heavy atom. The van der Waals surface area contributed by atoms with Crippen LogP contribution in [0.5, 0.6) is 0 Å². The van der Waals surface area contributed by atoms with Crippen LogP contribution in [0.25, 0.3) is 0 Å². The number of nitrogens with one attached hydrogen (secondary N) is 2. The highest BCUT2D eigenvalue weighted by molar-refractivity contribution is 5.89. The highest BCUT2D eigenvalue weighted by Crippen LogP contribution is 2.22. The Hall–Kier alpha value is -1.66. The van der Waals surface area contributed by atoms with E-state index in [1.54, 1.807) is 0 Å². The summed E-state index contributed by atoms with van der Waals surface area (Å²) in [6.45, 7) is 2.49. The number of hydrogen-bond donors (Lipinski definition) is 3. The number of rotatable bonds is 4. The van der Waals surface area contributed by atoms with Gasteiger partial charge in [0.15, 0.2) is 0 Å². The Kier molecular flexibility index (Phi) is 4.34. The number of benzene rings is 1. The van der Waals surface area contributed by atoms with E-state index in [0.29, 0.717) is 12.3 Å². The van der Waals surface area contributed by atoms with Crippen molar-refractivity contribution in [2.75, 3.05) is 11.9 Å². The van der Waals surface area contributed by atoms with Crippen molar-refractivity contribution in [1.29, 1.82) is 0 Å². The van der Waals surface area contributed by atoms with Crippen LogP contribution in [0.15, 0.2) is 24.3 Å². The normalized spacial score (nSPS) is 25.5. The third-order valence-corrected chi connectivity index (χ3v) is 3.15. The van der Waals surface area contributed by atoms with Crippen molar-refractivity contribution in [2.24, 2.45) is 5.73 Å². The molecule has 1 aromatic carbocycles. The fourth-order valence-corrected chi connectivity index (χ4v) is 2.08. The van der Waals surface area contributed by atoms with Crippen molar-refractivity contribution in [3.8, 4) is 0 Å². The zero-order valence-corrected chi connectivity index (χ0v) is 10.7. The smallest absolute Gasteiger partial charge is 0.319 e. The highest BCUT2D eigenvalue weighted by atomic mass is 19.1. The van der Waals surface area contributed by atoms with Crippen LogP contribution in [-0.4, -0.2) is 30.8 Å². The van der Waals surface area contributed by atoms with Crippen molar-refractivity contribution in [1.82, 2.24) is 5.32 Å². The number of hydrogen-bond acceptors (Lipinski definition) is 3. The van der Waals surface area contributed by atoms with Gasteiger partial charge in [0.05, 0.1) is 12.1 Å². The van der Waals surface area contributed by atoms with E-state index in [-0.39, 0.29) is 30.0 Å². The first-order valence-corrected chi connectivity index (χ1v) is 6.30. The number of halogens is 1. The van der Waals surface area contributed by atoms with E-state index in [2.05, 4.69) is 10.6 Å². The minimum Gasteiger partial charge on any atom is -0.376 e. The molecule has 3 unspecified atom stereocenters. The average Bonchev–Trinajstić information content (AvgIpc) is 2.39. The van der Waals surface area contributed by atoms with Gasteiger partial charge in [-0.15, -0.1) is 0 Å². The van der Waals surface area contributed by atoms with E-state index < -0.39 is 0 Å². The summed E-state index contributed by atoms with van der Waals surface area (Å²) in [6, 6.07) is 4.93. The first kappa shape index (κ1) is 13.8. The topological polar surface area (TPSA) is 76.4 Å². The molecule has 19 heavy (non-hydrogen) atoms. The minimum absolute atomic E-state index is 0.0287. The predicted octanol–water partition coefficient (Wildman–Crippen LogP) is 1.45. The molecule has 1 aliphatic rings. The third-order valence-electron chi connectivity index (χ3n) is 3.15. The van der Waals surface area contributed by atoms with Gasteiger partial charge in [-0.1, -0.05) is 0 Å². The van der Waals surface area contributed by atoms with Crippen LogP contribution in [0.2, 0.25) is 0 Å². The summed E-state index contributed by atoms with van der Waals surface area (Å²) in [5.41, 5.74) is 6.36. The Labute approximate surface area is 111 Å². The Balaban J connectivity index is 1.85. The zero-order chi connectivity index (χ0) is 13.8. The molecule has 1 aromatic rings. The summed E-state index contributed by atoms with van der Waals surface area (Å²) >= 11 is 0. The average molecular weight is 267 g/mol. The summed E-state index contributed by atoms with van der Waals surface area (Å²) in [4.78, 5) is 11.8. The molecule has 0 bridgehead atoms. The molecular weight excluding hydrogens is 249 g/mol. The lowest BCUT2D eigenvalue weighted by molar-refractivity contribution is -0.0277. The van der Waals surface area contributed by atoms with Crippen molar-refractivity contribution < 1.29 is 13.9 Å². The Bertz CT molecular complexity index is 436. The monoisotopic (exact) mass is 267 g/mol. The molecule has 5 nitrogen and oxygen atoms in total. The molecule has 0 heterocycles. The largest absolute Gasteiger partial charge is 0.376 e. The van der Waals surface area contributed by atoms with Crippen LogP contribution in [0, 0.1) is 5.82 Å². The molecule has 0 saturated heterocycles. The fraction of sp³-hybridized carbons (Fsp3) is 0.462. The van der Waals surface area contributed by atoms with Crippen molar-refractivity contribution >= 4 is 11.7 Å². The van der Waals surface area contributed by atoms with E-state index in [9.17, 15) is 9.18 Å². The number of nitrogens with two attached hydrogens (primary N) is 1. The van der Waals surface area contributed by atoms with Crippen LogP contribution in [0.4, 0.5) is 14.9 Å². The summed E-state index contributed by atoms with van der Waals surface area (Å²) in [5.74, 6) is -0.344. The molecule has 1 aliphatic carbocycles. The van der Waals surface area contributed by atoms with Gasteiger partial charge in [0.25, 0.3) is 0 Å². The Morgan fingerprint density at radius 3 is 2.74 bits per heavy atom. The van der Waals surface area contributed by atoms with Gasteiger partial charge in [-0.2, -0.15) is 0 Å². The van der Waals surface area contributed by atoms with E-state index in [0.717, 1.165) is 6.42 Å². The molecule has 6 heteroatoms. The van der Waals surface area contributed by atoms with Gasteiger partial charge in [-0.3, -0.25) is 0 Å². The third kappa shape index (κ3) is 3.42. The molecule has 3 atom stereocenters. The molecule has 0 radical (unpaired) electrons. The maximum absolute atomic E-state index is 12.7. The van der Waals surface area contributed by atoms with Crippen LogP contribution in [-0.2, 0) is 4.74 Å². The summed E-state index contributed by atoms with van der Waals surface area (Å²) in [7, 11) is 0. The fourth-order valence-electron chi connectivity index (χ4n) is 2.08. The van der Waals surface area contributed by atoms with Gasteiger partial charge in [-0.05, 0) is 37.6 Å². The standard InChI is InChI=1S/C13H18FN3O2/c1-2-19-11-7-10(15)12(11)17-13(18)16-9-5-3-8(14)4-6-9/h3-6,10-12H,2,7,15H2,1H3,(H2,16,17,18). The van der Waals surface area contributed by atoms with Gasteiger partial charge < -0.3 is 21.1 Å². The van der Waals surface area contributed by atoms with Crippen LogP contribution < -0.4 is 16.4 Å². The van der Waals surface area contributed by atoms with Crippen molar-refractivity contribution in [3.05, 3.63) is 30.1 Å². The second-order valence-electron chi connectivity index (χ2n) is 4.52. The second kappa shape index (κ2) is 5.99. The maximum Gasteiger partial charge on any atom is 0.319 e. The number of amides is 2. The van der Waals surface area contributed by atoms with Gasteiger partial charge in [0, 0.05) is 18.3 Å². The van der Waals surface area contributed by atoms with E-state index >= 15 is 0 Å². The summed E-state index contributed by atoms with van der Waals surface area (Å²) in [6.07, 6.45) is 0.717. The minimum atomic E-state index is -0.364. The van der Waals surface area contributed by atoms with Gasteiger partial charge in [-0.25, -0.2) is 9.18 Å². The predicted molar refractivity (Wildman–Crippen MR) is 70.3 cm³/mol. The first-order chi connectivity index (χ1) is 9.10. The molecule has 2 rings (SSSR count). The maximum atomic E-state index is 12.7. The number of carbonyl (C=O) groups excluding carboxylic acids is 1. The van der Waals surface area contributed by atoms with Gasteiger partial charge in [0.1, 0.15) is 5.82 Å². The van der Waals surface area contributed by atoms with E-state index in [1.165, 1.54) is 24.3 Å². The lowest BCUT2D eigenvalue weighted by Crippen LogP contribution is -2.65. The summed E-state index contributed by atoms with van der Waals surface area (Å²) in [5, 5.41) is 5.39. The number of carbonyl (C=O) groups is 1. The van der Waals surface area contributed by atoms with Gasteiger partial charge in [0.2, 0.25) is 0 Å². The SMILES string of the molecule is CCOC1CC(N)C1NC(=O)Nc1ccc(F)cc1. The molecular formula is C13H18FN3O2. The van der Waals surface area contributed by atoms with Gasteiger partial charge >= 0.3 is 6.03 Å².